The average molecular weight is 688 g/mol. The normalized spacial score (nSPS) is 17.6. The molecule has 0 saturated carbocycles. The number of pyridine rings is 1. The Morgan fingerprint density at radius 2 is 1.92 bits per heavy atom. The van der Waals surface area contributed by atoms with E-state index >= 15 is 8.78 Å². The Labute approximate surface area is 278 Å². The molecule has 3 aromatic rings. The average Bonchev–Trinajstić information content (AvgIpc) is 3.03. The van der Waals surface area contributed by atoms with E-state index in [4.69, 9.17) is 9.84 Å². The monoisotopic (exact) mass is 687 g/mol. The number of allylic oxidation sites excluding steroid dienone is 1. The number of aryl methyl sites for hydroxylation is 1. The van der Waals surface area contributed by atoms with Crippen molar-refractivity contribution in [3.8, 4) is 0 Å². The van der Waals surface area contributed by atoms with E-state index in [0.29, 0.717) is 67.0 Å². The summed E-state index contributed by atoms with van der Waals surface area (Å²) >= 11 is 0. The summed E-state index contributed by atoms with van der Waals surface area (Å²) in [5.74, 6) is -3.34. The number of amides is 1. The fourth-order valence-corrected chi connectivity index (χ4v) is 7.93. The number of carboxylic acid groups (broad SMARTS) is 1. The number of unbranched alkanes of at least 4 members (excludes halogenated alkanes) is 1. The van der Waals surface area contributed by atoms with Crippen LogP contribution in [0, 0.1) is 5.92 Å². The van der Waals surface area contributed by atoms with Gasteiger partial charge in [-0.15, -0.1) is 6.58 Å². The number of sulfone groups is 1. The smallest absolute Gasteiger partial charge is 0.407 e. The lowest BCUT2D eigenvalue weighted by Gasteiger charge is -2.38. The highest BCUT2D eigenvalue weighted by molar-refractivity contribution is 7.91. The summed E-state index contributed by atoms with van der Waals surface area (Å²) < 4.78 is 62.3. The first-order valence-corrected chi connectivity index (χ1v) is 18.2. The number of fused-ring (bicyclic) bond motifs is 1. The van der Waals surface area contributed by atoms with Gasteiger partial charge in [-0.2, -0.15) is 0 Å². The fraction of sp³-hybridized carbons (Fsp3) is 0.529. The molecule has 14 heteroatoms. The van der Waals surface area contributed by atoms with Gasteiger partial charge in [0.1, 0.15) is 27.6 Å². The van der Waals surface area contributed by atoms with Crippen molar-refractivity contribution in [2.75, 3.05) is 43.1 Å². The number of hydrogen-bond donors (Lipinski definition) is 2. The molecular formula is C34H43F2N5O6S. The molecule has 1 atom stereocenters. The summed E-state index contributed by atoms with van der Waals surface area (Å²) in [5, 5.41) is 13.0. The molecule has 2 fully saturated rings. The van der Waals surface area contributed by atoms with Crippen LogP contribution in [0.2, 0.25) is 0 Å². The van der Waals surface area contributed by atoms with Gasteiger partial charge in [-0.05, 0) is 62.6 Å². The number of halogens is 2. The Morgan fingerprint density at radius 3 is 2.62 bits per heavy atom. The van der Waals surface area contributed by atoms with Crippen LogP contribution in [0.25, 0.3) is 11.0 Å². The minimum atomic E-state index is -3.14. The standard InChI is InChI=1S/C34H43F2N5O6S/c1-3-4-5-13-47-14-7-12-41-31-29(18-28(32(41)42)25-10-15-48(45,46)16-11-25)30(37-22-38-31)39-23(2)26-8-6-9-27(17-26)34(35,36)19-24-20-40(21-24)33(43)44/h3,6,8-9,17-18,22-25H,1,4-5,7,10-16,19-21H2,2H3,(H,43,44)(H,37,38,39). The Morgan fingerprint density at radius 1 is 1.19 bits per heavy atom. The van der Waals surface area contributed by atoms with Crippen LogP contribution in [-0.4, -0.2) is 76.9 Å². The molecule has 2 aliphatic heterocycles. The van der Waals surface area contributed by atoms with E-state index in [2.05, 4.69) is 21.9 Å². The maximum Gasteiger partial charge on any atom is 0.407 e. The van der Waals surface area contributed by atoms with Gasteiger partial charge in [0.05, 0.1) is 16.9 Å². The van der Waals surface area contributed by atoms with Crippen LogP contribution in [0.15, 0.2) is 54.1 Å². The van der Waals surface area contributed by atoms with E-state index in [1.165, 1.54) is 18.5 Å². The minimum Gasteiger partial charge on any atom is -0.465 e. The Kier molecular flexibility index (Phi) is 11.1. The Hall–Kier alpha value is -3.91. The minimum absolute atomic E-state index is 0.0145. The first-order valence-electron chi connectivity index (χ1n) is 16.4. The quantitative estimate of drug-likeness (QED) is 0.151. The van der Waals surface area contributed by atoms with Crippen molar-refractivity contribution in [1.82, 2.24) is 19.4 Å². The number of nitrogens with one attached hydrogen (secondary N) is 1. The molecule has 2 N–H and O–H groups in total. The third-order valence-corrected chi connectivity index (χ3v) is 10.9. The maximum absolute atomic E-state index is 15.3. The van der Waals surface area contributed by atoms with E-state index in [-0.39, 0.29) is 41.6 Å². The molecule has 1 aromatic carbocycles. The Balaban J connectivity index is 1.39. The largest absolute Gasteiger partial charge is 0.465 e. The van der Waals surface area contributed by atoms with Gasteiger partial charge < -0.3 is 20.1 Å². The summed E-state index contributed by atoms with van der Waals surface area (Å²) in [5.41, 5.74) is 1.15. The van der Waals surface area contributed by atoms with E-state index in [9.17, 15) is 18.0 Å². The summed E-state index contributed by atoms with van der Waals surface area (Å²) in [7, 11) is -3.14. The third-order valence-electron chi connectivity index (χ3n) is 9.21. The van der Waals surface area contributed by atoms with Crippen LogP contribution in [0.3, 0.4) is 0 Å². The lowest BCUT2D eigenvalue weighted by Crippen LogP contribution is -2.50. The molecule has 2 saturated heterocycles. The highest BCUT2D eigenvalue weighted by Crippen LogP contribution is 2.39. The van der Waals surface area contributed by atoms with Crippen LogP contribution in [-0.2, 0) is 27.0 Å². The molecule has 11 nitrogen and oxygen atoms in total. The predicted molar refractivity (Wildman–Crippen MR) is 179 cm³/mol. The molecule has 5 rings (SSSR count). The Bertz CT molecular complexity index is 1780. The topological polar surface area (TPSA) is 144 Å². The molecule has 0 radical (unpaired) electrons. The number of anilines is 1. The van der Waals surface area contributed by atoms with Crippen LogP contribution in [0.4, 0.5) is 19.4 Å². The summed E-state index contributed by atoms with van der Waals surface area (Å²) in [6, 6.07) is 7.44. The summed E-state index contributed by atoms with van der Waals surface area (Å²) in [6.45, 7) is 7.10. The van der Waals surface area contributed by atoms with Gasteiger partial charge in [-0.25, -0.2) is 32.0 Å². The molecular weight excluding hydrogens is 644 g/mol. The van der Waals surface area contributed by atoms with E-state index in [0.717, 1.165) is 17.7 Å². The van der Waals surface area contributed by atoms with Crippen LogP contribution >= 0.6 is 0 Å². The first-order chi connectivity index (χ1) is 22.9. The van der Waals surface area contributed by atoms with E-state index < -0.39 is 40.2 Å². The van der Waals surface area contributed by atoms with Gasteiger partial charge >= 0.3 is 6.09 Å². The molecule has 1 amide bonds. The number of alkyl halides is 2. The van der Waals surface area contributed by atoms with Gasteiger partial charge in [0.2, 0.25) is 0 Å². The first kappa shape index (κ1) is 35.4. The van der Waals surface area contributed by atoms with Crippen molar-refractivity contribution in [2.45, 2.75) is 69.9 Å². The highest BCUT2D eigenvalue weighted by Gasteiger charge is 2.41. The van der Waals surface area contributed by atoms with Crippen LogP contribution in [0.5, 0.6) is 0 Å². The molecule has 4 heterocycles. The lowest BCUT2D eigenvalue weighted by molar-refractivity contribution is -0.0528. The van der Waals surface area contributed by atoms with Crippen molar-refractivity contribution < 1.29 is 31.8 Å². The number of likely N-dealkylation sites (tertiary alicyclic amines) is 1. The van der Waals surface area contributed by atoms with E-state index in [1.807, 2.05) is 13.0 Å². The van der Waals surface area contributed by atoms with Gasteiger partial charge in [-0.1, -0.05) is 24.3 Å². The molecule has 48 heavy (non-hydrogen) atoms. The molecule has 260 valence electrons. The van der Waals surface area contributed by atoms with Gasteiger partial charge in [-0.3, -0.25) is 9.36 Å². The number of ether oxygens (including phenoxy) is 1. The third kappa shape index (κ3) is 8.38. The van der Waals surface area contributed by atoms with Gasteiger partial charge in [0, 0.05) is 62.4 Å². The highest BCUT2D eigenvalue weighted by atomic mass is 32.2. The zero-order valence-corrected chi connectivity index (χ0v) is 27.9. The number of rotatable bonds is 15. The molecule has 0 bridgehead atoms. The molecule has 0 spiro atoms. The van der Waals surface area contributed by atoms with Crippen molar-refractivity contribution in [3.05, 3.63) is 76.4 Å². The summed E-state index contributed by atoms with van der Waals surface area (Å²) in [4.78, 5) is 35.0. The zero-order chi connectivity index (χ0) is 34.5. The second-order valence-corrected chi connectivity index (χ2v) is 15.1. The number of carbonyl (C=O) groups is 1. The molecule has 0 aliphatic carbocycles. The number of aromatic nitrogens is 3. The SMILES string of the molecule is C=CCCCOCCCn1c(=O)c(C2CCS(=O)(=O)CC2)cc2c(NC(C)c3cccc(C(F)(F)CC4CN(C(=O)O)C4)c3)ncnc21. The van der Waals surface area contributed by atoms with Crippen molar-refractivity contribution in [2.24, 2.45) is 5.92 Å². The second-order valence-electron chi connectivity index (χ2n) is 12.8. The maximum atomic E-state index is 15.3. The van der Waals surface area contributed by atoms with E-state index in [1.54, 1.807) is 22.8 Å². The van der Waals surface area contributed by atoms with Crippen LogP contribution in [0.1, 0.15) is 74.1 Å². The molecule has 2 aliphatic rings. The van der Waals surface area contributed by atoms with Crippen molar-refractivity contribution in [3.63, 3.8) is 0 Å². The second kappa shape index (κ2) is 15.1. The van der Waals surface area contributed by atoms with Gasteiger partial charge in [0.25, 0.3) is 11.5 Å². The fourth-order valence-electron chi connectivity index (χ4n) is 6.44. The van der Waals surface area contributed by atoms with Crippen molar-refractivity contribution >= 4 is 32.8 Å². The van der Waals surface area contributed by atoms with Gasteiger partial charge in [0.15, 0.2) is 0 Å². The number of benzene rings is 1. The molecule has 1 unspecified atom stereocenters. The summed E-state index contributed by atoms with van der Waals surface area (Å²) in [6.07, 6.45) is 4.62. The van der Waals surface area contributed by atoms with Crippen LogP contribution < -0.4 is 10.9 Å². The molecule has 2 aromatic heterocycles. The number of nitrogens with zero attached hydrogens (tertiary/aromatic N) is 4. The number of hydrogen-bond acceptors (Lipinski definition) is 8. The van der Waals surface area contributed by atoms with Crippen molar-refractivity contribution in [1.29, 1.82) is 0 Å². The lowest BCUT2D eigenvalue weighted by atomic mass is 9.89. The predicted octanol–water partition coefficient (Wildman–Crippen LogP) is 5.72. The zero-order valence-electron chi connectivity index (χ0n) is 27.1.